The van der Waals surface area contributed by atoms with E-state index in [0.29, 0.717) is 17.7 Å². The Labute approximate surface area is 182 Å². The highest BCUT2D eigenvalue weighted by atomic mass is 32.2. The van der Waals surface area contributed by atoms with Crippen LogP contribution in [0.4, 0.5) is 10.5 Å². The monoisotopic (exact) mass is 449 g/mol. The lowest BCUT2D eigenvalue weighted by atomic mass is 9.82. The number of sulfone groups is 1. The summed E-state index contributed by atoms with van der Waals surface area (Å²) in [6, 6.07) is 7.09. The molecule has 1 N–H and O–H groups in total. The average Bonchev–Trinajstić information content (AvgIpc) is 3.02. The molecule has 2 fully saturated rings. The summed E-state index contributed by atoms with van der Waals surface area (Å²) in [7, 11) is -3.91. The maximum Gasteiger partial charge on any atom is 0.414 e. The summed E-state index contributed by atoms with van der Waals surface area (Å²) in [6.45, 7) is 3.90. The number of aliphatic carboxylic acids is 1. The second kappa shape index (κ2) is 8.89. The van der Waals surface area contributed by atoms with Gasteiger partial charge in [-0.2, -0.15) is 0 Å². The van der Waals surface area contributed by atoms with Crippen molar-refractivity contribution in [2.45, 2.75) is 50.1 Å². The molecule has 1 aromatic carbocycles. The van der Waals surface area contributed by atoms with Gasteiger partial charge in [-0.05, 0) is 51.0 Å². The van der Waals surface area contributed by atoms with Crippen molar-refractivity contribution in [3.8, 4) is 11.8 Å². The van der Waals surface area contributed by atoms with E-state index in [4.69, 9.17) is 9.47 Å². The van der Waals surface area contributed by atoms with Crippen LogP contribution in [0.2, 0.25) is 0 Å². The van der Waals surface area contributed by atoms with Crippen molar-refractivity contribution in [2.24, 2.45) is 5.92 Å². The minimum atomic E-state index is -3.91. The molecule has 1 aromatic rings. The van der Waals surface area contributed by atoms with E-state index in [9.17, 15) is 23.1 Å². The standard InChI is InChI=1S/C22H27NO7S/c1-4-29-18-11-16(12-18)6-5-15-7-9-17(10-8-15)23-14-19(30-21(23)26)13-22(2,20(24)25)31(3,27)28/h7-10,16,18-19H,4,11-14H2,1-3H3,(H,24,25)/t16?,18?,19-,22?/m0/s1. The molecule has 2 aliphatic rings. The summed E-state index contributed by atoms with van der Waals surface area (Å²) < 4.78 is 32.7. The summed E-state index contributed by atoms with van der Waals surface area (Å²) in [5, 5.41) is 9.41. The molecule has 0 spiro atoms. The van der Waals surface area contributed by atoms with E-state index < -0.39 is 32.8 Å². The zero-order chi connectivity index (χ0) is 22.8. The Bertz CT molecular complexity index is 1000. The van der Waals surface area contributed by atoms with E-state index in [2.05, 4.69) is 11.8 Å². The predicted octanol–water partition coefficient (Wildman–Crippen LogP) is 2.46. The topological polar surface area (TPSA) is 110 Å². The molecular formula is C22H27NO7S. The molecule has 1 saturated carbocycles. The Morgan fingerprint density at radius 1 is 1.32 bits per heavy atom. The number of carbonyl (C=O) groups is 2. The first-order valence-corrected chi connectivity index (χ1v) is 12.1. The van der Waals surface area contributed by atoms with Gasteiger partial charge in [-0.3, -0.25) is 9.69 Å². The molecule has 1 saturated heterocycles. The molecule has 3 rings (SSSR count). The van der Waals surface area contributed by atoms with Gasteiger partial charge < -0.3 is 14.6 Å². The lowest BCUT2D eigenvalue weighted by Crippen LogP contribution is -2.46. The van der Waals surface area contributed by atoms with Gasteiger partial charge >= 0.3 is 12.1 Å². The van der Waals surface area contributed by atoms with Crippen LogP contribution < -0.4 is 4.90 Å². The molecule has 31 heavy (non-hydrogen) atoms. The van der Waals surface area contributed by atoms with Crippen molar-refractivity contribution in [3.63, 3.8) is 0 Å². The van der Waals surface area contributed by atoms with E-state index in [-0.39, 0.29) is 13.0 Å². The third-order valence-electron chi connectivity index (χ3n) is 5.86. The molecule has 1 unspecified atom stereocenters. The minimum Gasteiger partial charge on any atom is -0.480 e. The van der Waals surface area contributed by atoms with Crippen molar-refractivity contribution in [3.05, 3.63) is 29.8 Å². The van der Waals surface area contributed by atoms with Gasteiger partial charge in [0.1, 0.15) is 6.10 Å². The second-order valence-electron chi connectivity index (χ2n) is 8.19. The zero-order valence-corrected chi connectivity index (χ0v) is 18.6. The number of anilines is 1. The van der Waals surface area contributed by atoms with Crippen molar-refractivity contribution < 1.29 is 32.6 Å². The Morgan fingerprint density at radius 3 is 2.52 bits per heavy atom. The summed E-state index contributed by atoms with van der Waals surface area (Å²) in [5.74, 6) is 5.24. The fourth-order valence-corrected chi connectivity index (χ4v) is 4.44. The molecule has 1 amide bonds. The lowest BCUT2D eigenvalue weighted by molar-refractivity contribution is -0.140. The summed E-state index contributed by atoms with van der Waals surface area (Å²) in [5.41, 5.74) is 1.40. The third kappa shape index (κ3) is 5.02. The quantitative estimate of drug-likeness (QED) is 0.637. The first-order valence-electron chi connectivity index (χ1n) is 10.2. The van der Waals surface area contributed by atoms with Crippen LogP contribution in [-0.4, -0.2) is 61.9 Å². The van der Waals surface area contributed by atoms with Crippen molar-refractivity contribution in [1.29, 1.82) is 0 Å². The number of benzene rings is 1. The fraction of sp³-hybridized carbons (Fsp3) is 0.545. The fourth-order valence-electron chi connectivity index (χ4n) is 3.64. The van der Waals surface area contributed by atoms with E-state index in [1.54, 1.807) is 24.3 Å². The van der Waals surface area contributed by atoms with Crippen molar-refractivity contribution >= 4 is 27.6 Å². The number of carboxylic acid groups (broad SMARTS) is 1. The predicted molar refractivity (Wildman–Crippen MR) is 115 cm³/mol. The smallest absolute Gasteiger partial charge is 0.414 e. The Balaban J connectivity index is 1.62. The number of cyclic esters (lactones) is 1. The van der Waals surface area contributed by atoms with Crippen LogP contribution in [0.3, 0.4) is 0 Å². The van der Waals surface area contributed by atoms with Gasteiger partial charge in [-0.25, -0.2) is 13.2 Å². The molecule has 9 heteroatoms. The van der Waals surface area contributed by atoms with Crippen LogP contribution in [0.5, 0.6) is 0 Å². The number of nitrogens with zero attached hydrogens (tertiary/aromatic N) is 1. The van der Waals surface area contributed by atoms with Crippen LogP contribution in [0.15, 0.2) is 24.3 Å². The summed E-state index contributed by atoms with van der Waals surface area (Å²) in [6.07, 6.45) is 1.27. The molecule has 1 aliphatic carbocycles. The SMILES string of the molecule is CCOC1CC(C#Cc2ccc(N3C[C@H](CC(C)(C(=O)O)S(C)(=O)=O)OC3=O)cc2)C1. The number of carbonyl (C=O) groups excluding carboxylic acids is 1. The number of rotatable bonds is 7. The highest BCUT2D eigenvalue weighted by molar-refractivity contribution is 7.92. The molecule has 8 nitrogen and oxygen atoms in total. The maximum atomic E-state index is 12.3. The normalized spacial score (nSPS) is 25.1. The van der Waals surface area contributed by atoms with E-state index in [1.165, 1.54) is 4.90 Å². The third-order valence-corrected chi connectivity index (χ3v) is 7.84. The molecule has 0 radical (unpaired) electrons. The first kappa shape index (κ1) is 23.1. The number of ether oxygens (including phenoxy) is 2. The van der Waals surface area contributed by atoms with Gasteiger partial charge in [0.2, 0.25) is 0 Å². The summed E-state index contributed by atoms with van der Waals surface area (Å²) in [4.78, 5) is 25.2. The number of hydrogen-bond acceptors (Lipinski definition) is 6. The van der Waals surface area contributed by atoms with Gasteiger partial charge in [0, 0.05) is 36.5 Å². The van der Waals surface area contributed by atoms with Crippen LogP contribution in [0.25, 0.3) is 0 Å². The van der Waals surface area contributed by atoms with E-state index in [0.717, 1.165) is 38.2 Å². The number of hydrogen-bond donors (Lipinski definition) is 1. The molecule has 1 heterocycles. The molecular weight excluding hydrogens is 422 g/mol. The van der Waals surface area contributed by atoms with Crippen LogP contribution in [-0.2, 0) is 24.1 Å². The Kier molecular flexibility index (Phi) is 6.62. The van der Waals surface area contributed by atoms with Crippen molar-refractivity contribution in [1.82, 2.24) is 0 Å². The van der Waals surface area contributed by atoms with Gasteiger partial charge in [0.25, 0.3) is 0 Å². The highest BCUT2D eigenvalue weighted by Crippen LogP contribution is 2.31. The largest absolute Gasteiger partial charge is 0.480 e. The van der Waals surface area contributed by atoms with Crippen molar-refractivity contribution in [2.75, 3.05) is 24.3 Å². The van der Waals surface area contributed by atoms with Crippen LogP contribution >= 0.6 is 0 Å². The Hall–Kier alpha value is -2.57. The van der Waals surface area contributed by atoms with Gasteiger partial charge in [0.15, 0.2) is 14.6 Å². The minimum absolute atomic E-state index is 0.0726. The van der Waals surface area contributed by atoms with E-state index in [1.807, 2.05) is 6.92 Å². The molecule has 0 aromatic heterocycles. The molecule has 1 aliphatic heterocycles. The van der Waals surface area contributed by atoms with E-state index >= 15 is 0 Å². The first-order chi connectivity index (χ1) is 14.5. The van der Waals surface area contributed by atoms with Gasteiger partial charge in [0.05, 0.1) is 12.6 Å². The average molecular weight is 450 g/mol. The van der Waals surface area contributed by atoms with Crippen LogP contribution in [0, 0.1) is 17.8 Å². The lowest BCUT2D eigenvalue weighted by Gasteiger charge is -2.31. The Morgan fingerprint density at radius 2 is 1.97 bits per heavy atom. The second-order valence-corrected chi connectivity index (χ2v) is 10.6. The number of carboxylic acids is 1. The van der Waals surface area contributed by atoms with Gasteiger partial charge in [-0.1, -0.05) is 11.8 Å². The maximum absolute atomic E-state index is 12.3. The van der Waals surface area contributed by atoms with Crippen LogP contribution in [0.1, 0.15) is 38.7 Å². The highest BCUT2D eigenvalue weighted by Gasteiger charge is 2.48. The number of amides is 1. The summed E-state index contributed by atoms with van der Waals surface area (Å²) >= 11 is 0. The molecule has 2 atom stereocenters. The molecule has 0 bridgehead atoms. The zero-order valence-electron chi connectivity index (χ0n) is 17.8. The van der Waals surface area contributed by atoms with Gasteiger partial charge in [-0.15, -0.1) is 0 Å². The molecule has 168 valence electrons.